The fraction of sp³-hybridized carbons (Fsp3) is 0.467. The molecule has 1 saturated heterocycles. The summed E-state index contributed by atoms with van der Waals surface area (Å²) in [6, 6.07) is 7.34. The molecular weight excluding hydrogens is 258 g/mol. The normalized spacial score (nSPS) is 36.2. The summed E-state index contributed by atoms with van der Waals surface area (Å²) in [5.41, 5.74) is 0.648. The zero-order valence-electron chi connectivity index (χ0n) is 10.5. The molecule has 2 saturated carbocycles. The molecule has 98 valence electrons. The molecule has 1 aromatic rings. The van der Waals surface area contributed by atoms with E-state index >= 15 is 0 Å². The van der Waals surface area contributed by atoms with E-state index in [-0.39, 0.29) is 23.7 Å². The third-order valence-electron chi connectivity index (χ3n) is 5.05. The standard InChI is InChI=1S/C15H15NO2S/c17-14-12-8-5-6-9(7-8)13(12)15(18)16(14)10-3-1-2-4-11(10)19/h1-4,8-9,12-13,19H,5-7H2/t8-,9-,12-,13+/m0/s1. The summed E-state index contributed by atoms with van der Waals surface area (Å²) in [6.45, 7) is 0. The van der Waals surface area contributed by atoms with Gasteiger partial charge in [-0.2, -0.15) is 0 Å². The second-order valence-electron chi connectivity index (χ2n) is 5.89. The number of thiol groups is 1. The molecule has 4 heteroatoms. The molecule has 0 aromatic heterocycles. The number of carbonyl (C=O) groups excluding carboxylic acids is 2. The van der Waals surface area contributed by atoms with Crippen molar-refractivity contribution in [3.05, 3.63) is 24.3 Å². The average molecular weight is 273 g/mol. The van der Waals surface area contributed by atoms with E-state index in [1.807, 2.05) is 18.2 Å². The quantitative estimate of drug-likeness (QED) is 0.630. The van der Waals surface area contributed by atoms with E-state index in [9.17, 15) is 9.59 Å². The van der Waals surface area contributed by atoms with E-state index in [1.54, 1.807) is 6.07 Å². The maximum atomic E-state index is 12.6. The third kappa shape index (κ3) is 1.41. The smallest absolute Gasteiger partial charge is 0.238 e. The number of imide groups is 1. The second kappa shape index (κ2) is 3.85. The SMILES string of the molecule is O=C1[C@@H]2[C@H]3CC[C@@H](C3)[C@@H]2C(=O)N1c1ccccc1S. The fourth-order valence-corrected chi connectivity index (χ4v) is 4.56. The zero-order chi connectivity index (χ0) is 13.1. The van der Waals surface area contributed by atoms with Gasteiger partial charge in [0.25, 0.3) is 0 Å². The van der Waals surface area contributed by atoms with Crippen molar-refractivity contribution in [3.8, 4) is 0 Å². The first-order valence-corrected chi connectivity index (χ1v) is 7.29. The number of carbonyl (C=O) groups is 2. The maximum Gasteiger partial charge on any atom is 0.238 e. The number of hydrogen-bond donors (Lipinski definition) is 1. The van der Waals surface area contributed by atoms with Gasteiger partial charge in [0, 0.05) is 4.90 Å². The first-order valence-electron chi connectivity index (χ1n) is 6.84. The Morgan fingerprint density at radius 1 is 1.00 bits per heavy atom. The van der Waals surface area contributed by atoms with Gasteiger partial charge in [-0.15, -0.1) is 12.6 Å². The van der Waals surface area contributed by atoms with Crippen LogP contribution in [0.15, 0.2) is 29.2 Å². The molecule has 2 bridgehead atoms. The average Bonchev–Trinajstić information content (AvgIpc) is 3.06. The van der Waals surface area contributed by atoms with Crippen LogP contribution in [0.25, 0.3) is 0 Å². The second-order valence-corrected chi connectivity index (χ2v) is 6.37. The Hall–Kier alpha value is -1.29. The summed E-state index contributed by atoms with van der Waals surface area (Å²) < 4.78 is 0. The van der Waals surface area contributed by atoms with E-state index in [1.165, 1.54) is 4.90 Å². The first kappa shape index (κ1) is 11.5. The summed E-state index contributed by atoms with van der Waals surface area (Å²) in [6.07, 6.45) is 3.30. The van der Waals surface area contributed by atoms with Crippen molar-refractivity contribution in [1.29, 1.82) is 0 Å². The van der Waals surface area contributed by atoms with Crippen LogP contribution < -0.4 is 4.90 Å². The van der Waals surface area contributed by atoms with Gasteiger partial charge in [0.05, 0.1) is 17.5 Å². The molecule has 0 N–H and O–H groups in total. The Kier molecular flexibility index (Phi) is 2.34. The van der Waals surface area contributed by atoms with Gasteiger partial charge in [0.15, 0.2) is 0 Å². The molecule has 19 heavy (non-hydrogen) atoms. The number of anilines is 1. The molecule has 3 aliphatic rings. The monoisotopic (exact) mass is 273 g/mol. The van der Waals surface area contributed by atoms with Crippen LogP contribution in [0, 0.1) is 23.7 Å². The fourth-order valence-electron chi connectivity index (χ4n) is 4.30. The van der Waals surface area contributed by atoms with Crippen molar-refractivity contribution in [2.45, 2.75) is 24.2 Å². The first-order chi connectivity index (χ1) is 9.18. The van der Waals surface area contributed by atoms with Gasteiger partial charge in [-0.25, -0.2) is 4.90 Å². The Balaban J connectivity index is 1.78. The Bertz CT molecular complexity index is 557. The van der Waals surface area contributed by atoms with E-state index < -0.39 is 0 Å². The largest absolute Gasteiger partial charge is 0.274 e. The number of para-hydroxylation sites is 1. The molecule has 1 heterocycles. The van der Waals surface area contributed by atoms with Gasteiger partial charge >= 0.3 is 0 Å². The van der Waals surface area contributed by atoms with E-state index in [0.717, 1.165) is 19.3 Å². The Morgan fingerprint density at radius 3 is 2.16 bits per heavy atom. The topological polar surface area (TPSA) is 37.4 Å². The van der Waals surface area contributed by atoms with Crippen LogP contribution >= 0.6 is 12.6 Å². The predicted octanol–water partition coefficient (Wildman–Crippen LogP) is 2.51. The zero-order valence-corrected chi connectivity index (χ0v) is 11.3. The number of nitrogens with zero attached hydrogens (tertiary/aromatic N) is 1. The summed E-state index contributed by atoms with van der Waals surface area (Å²) >= 11 is 4.38. The van der Waals surface area contributed by atoms with Gasteiger partial charge in [-0.1, -0.05) is 12.1 Å². The van der Waals surface area contributed by atoms with Crippen LogP contribution in [0.1, 0.15) is 19.3 Å². The van der Waals surface area contributed by atoms with Crippen molar-refractivity contribution >= 4 is 30.1 Å². The molecule has 3 nitrogen and oxygen atoms in total. The molecule has 1 aliphatic heterocycles. The highest BCUT2D eigenvalue weighted by Crippen LogP contribution is 2.56. The highest BCUT2D eigenvalue weighted by Gasteiger charge is 2.61. The van der Waals surface area contributed by atoms with E-state index in [0.29, 0.717) is 22.4 Å². The van der Waals surface area contributed by atoms with Gasteiger partial charge in [-0.3, -0.25) is 9.59 Å². The molecule has 0 unspecified atom stereocenters. The number of benzene rings is 1. The minimum Gasteiger partial charge on any atom is -0.274 e. The minimum atomic E-state index is -0.0563. The van der Waals surface area contributed by atoms with Gasteiger partial charge in [0.2, 0.25) is 11.8 Å². The molecule has 4 atom stereocenters. The lowest BCUT2D eigenvalue weighted by molar-refractivity contribution is -0.123. The molecule has 0 radical (unpaired) electrons. The predicted molar refractivity (Wildman–Crippen MR) is 74.0 cm³/mol. The van der Waals surface area contributed by atoms with Crippen molar-refractivity contribution < 1.29 is 9.59 Å². The number of amides is 2. The van der Waals surface area contributed by atoms with E-state index in [4.69, 9.17) is 0 Å². The maximum absolute atomic E-state index is 12.6. The van der Waals surface area contributed by atoms with Gasteiger partial charge < -0.3 is 0 Å². The third-order valence-corrected chi connectivity index (χ3v) is 5.43. The van der Waals surface area contributed by atoms with Crippen molar-refractivity contribution in [2.24, 2.45) is 23.7 Å². The number of rotatable bonds is 1. The van der Waals surface area contributed by atoms with Crippen LogP contribution in [-0.2, 0) is 9.59 Å². The molecule has 4 rings (SSSR count). The van der Waals surface area contributed by atoms with Crippen LogP contribution in [0.4, 0.5) is 5.69 Å². The number of fused-ring (bicyclic) bond motifs is 5. The number of hydrogen-bond acceptors (Lipinski definition) is 3. The van der Waals surface area contributed by atoms with Gasteiger partial charge in [0.1, 0.15) is 0 Å². The molecule has 2 amide bonds. The summed E-state index contributed by atoms with van der Waals surface area (Å²) in [7, 11) is 0. The minimum absolute atomic E-state index is 0.00343. The summed E-state index contributed by atoms with van der Waals surface area (Å²) in [5, 5.41) is 0. The van der Waals surface area contributed by atoms with Crippen LogP contribution in [0.2, 0.25) is 0 Å². The Morgan fingerprint density at radius 2 is 1.58 bits per heavy atom. The highest BCUT2D eigenvalue weighted by molar-refractivity contribution is 7.80. The Labute approximate surface area is 117 Å². The molecule has 2 aliphatic carbocycles. The summed E-state index contributed by atoms with van der Waals surface area (Å²) in [4.78, 5) is 27.3. The van der Waals surface area contributed by atoms with Crippen LogP contribution in [0.3, 0.4) is 0 Å². The lowest BCUT2D eigenvalue weighted by atomic mass is 9.81. The molecule has 0 spiro atoms. The molecule has 1 aromatic carbocycles. The summed E-state index contributed by atoms with van der Waals surface area (Å²) in [5.74, 6) is 0.762. The van der Waals surface area contributed by atoms with E-state index in [2.05, 4.69) is 12.6 Å². The van der Waals surface area contributed by atoms with Crippen molar-refractivity contribution in [3.63, 3.8) is 0 Å². The van der Waals surface area contributed by atoms with Gasteiger partial charge in [-0.05, 0) is 43.2 Å². The van der Waals surface area contributed by atoms with Crippen LogP contribution in [0.5, 0.6) is 0 Å². The molecular formula is C15H15NO2S. The lowest BCUT2D eigenvalue weighted by Crippen LogP contribution is -2.33. The lowest BCUT2D eigenvalue weighted by Gasteiger charge is -2.19. The molecule has 3 fully saturated rings. The van der Waals surface area contributed by atoms with Crippen molar-refractivity contribution in [1.82, 2.24) is 0 Å². The van der Waals surface area contributed by atoms with Crippen molar-refractivity contribution in [2.75, 3.05) is 4.90 Å². The van der Waals surface area contributed by atoms with Crippen LogP contribution in [-0.4, -0.2) is 11.8 Å². The highest BCUT2D eigenvalue weighted by atomic mass is 32.1.